The highest BCUT2D eigenvalue weighted by Gasteiger charge is 2.14. The maximum absolute atomic E-state index is 10.6. The van der Waals surface area contributed by atoms with Crippen molar-refractivity contribution in [3.8, 4) is 17.1 Å². The summed E-state index contributed by atoms with van der Waals surface area (Å²) in [6.07, 6.45) is 3.17. The maximum Gasteiger partial charge on any atom is 0.311 e. The Morgan fingerprint density at radius 3 is 2.87 bits per heavy atom. The molecule has 0 saturated heterocycles. The van der Waals surface area contributed by atoms with Crippen molar-refractivity contribution in [2.75, 3.05) is 0 Å². The number of benzene rings is 1. The van der Waals surface area contributed by atoms with Gasteiger partial charge in [-0.3, -0.25) is 10.1 Å². The number of imidazole rings is 1. The van der Waals surface area contributed by atoms with Gasteiger partial charge in [-0.1, -0.05) is 0 Å². The minimum absolute atomic E-state index is 0.330. The van der Waals surface area contributed by atoms with E-state index in [-0.39, 0.29) is 11.4 Å². The Kier molecular flexibility index (Phi) is 2.09. The summed E-state index contributed by atoms with van der Waals surface area (Å²) in [4.78, 5) is 16.7. The Morgan fingerprint density at radius 2 is 2.27 bits per heavy atom. The first-order valence-electron chi connectivity index (χ1n) is 4.15. The highest BCUT2D eigenvalue weighted by molar-refractivity contribution is 5.63. The first kappa shape index (κ1) is 9.20. The molecular formula is C9H7N3O3. The summed E-state index contributed by atoms with van der Waals surface area (Å²) in [5.41, 5.74) is 0.230. The third-order valence-electron chi connectivity index (χ3n) is 1.94. The molecule has 6 nitrogen and oxygen atoms in total. The summed E-state index contributed by atoms with van der Waals surface area (Å²) in [5.74, 6) is 0.174. The summed E-state index contributed by atoms with van der Waals surface area (Å²) < 4.78 is 0. The van der Waals surface area contributed by atoms with Crippen LogP contribution in [0.4, 0.5) is 5.69 Å². The quantitative estimate of drug-likeness (QED) is 0.576. The lowest BCUT2D eigenvalue weighted by atomic mass is 10.2. The van der Waals surface area contributed by atoms with Crippen LogP contribution in [0.1, 0.15) is 0 Å². The number of phenolic OH excluding ortho intramolecular Hbond substituents is 1. The molecule has 1 aromatic heterocycles. The van der Waals surface area contributed by atoms with E-state index < -0.39 is 4.92 Å². The Bertz CT molecular complexity index is 493. The van der Waals surface area contributed by atoms with Crippen LogP contribution in [0.25, 0.3) is 11.4 Å². The number of hydrogen-bond acceptors (Lipinski definition) is 4. The van der Waals surface area contributed by atoms with Crippen molar-refractivity contribution < 1.29 is 10.0 Å². The fourth-order valence-corrected chi connectivity index (χ4v) is 1.24. The van der Waals surface area contributed by atoms with Crippen molar-refractivity contribution in [2.45, 2.75) is 0 Å². The van der Waals surface area contributed by atoms with Crippen molar-refractivity contribution in [1.82, 2.24) is 9.97 Å². The Morgan fingerprint density at radius 1 is 1.47 bits per heavy atom. The van der Waals surface area contributed by atoms with E-state index in [0.717, 1.165) is 0 Å². The average Bonchev–Trinajstić information content (AvgIpc) is 2.71. The van der Waals surface area contributed by atoms with E-state index in [9.17, 15) is 15.2 Å². The van der Waals surface area contributed by atoms with Crippen molar-refractivity contribution in [3.63, 3.8) is 0 Å². The van der Waals surface area contributed by atoms with E-state index in [1.54, 1.807) is 18.5 Å². The van der Waals surface area contributed by atoms with Crippen molar-refractivity contribution in [1.29, 1.82) is 0 Å². The molecule has 0 atom stereocenters. The number of aromatic hydroxyl groups is 1. The van der Waals surface area contributed by atoms with E-state index in [1.807, 2.05) is 0 Å². The van der Waals surface area contributed by atoms with Crippen LogP contribution in [0.2, 0.25) is 0 Å². The lowest BCUT2D eigenvalue weighted by molar-refractivity contribution is -0.385. The van der Waals surface area contributed by atoms with E-state index in [4.69, 9.17) is 0 Å². The molecule has 0 bridgehead atoms. The number of H-pyrrole nitrogens is 1. The molecule has 0 spiro atoms. The van der Waals surface area contributed by atoms with Crippen molar-refractivity contribution in [2.24, 2.45) is 0 Å². The van der Waals surface area contributed by atoms with Gasteiger partial charge in [0.2, 0.25) is 0 Å². The predicted octanol–water partition coefficient (Wildman–Crippen LogP) is 1.69. The molecule has 0 amide bonds. The number of hydrogen-bond donors (Lipinski definition) is 2. The minimum atomic E-state index is -0.637. The zero-order chi connectivity index (χ0) is 10.8. The molecule has 1 aromatic carbocycles. The molecule has 0 aliphatic heterocycles. The average molecular weight is 205 g/mol. The Balaban J connectivity index is 2.52. The molecule has 1 heterocycles. The minimum Gasteiger partial charge on any atom is -0.502 e. The number of rotatable bonds is 2. The second kappa shape index (κ2) is 3.41. The maximum atomic E-state index is 10.6. The molecule has 0 aliphatic carbocycles. The lowest BCUT2D eigenvalue weighted by Gasteiger charge is -1.98. The van der Waals surface area contributed by atoms with Gasteiger partial charge >= 0.3 is 5.69 Å². The zero-order valence-corrected chi connectivity index (χ0v) is 7.54. The van der Waals surface area contributed by atoms with Crippen molar-refractivity contribution in [3.05, 3.63) is 40.7 Å². The van der Waals surface area contributed by atoms with Gasteiger partial charge in [-0.05, 0) is 12.1 Å². The number of phenols is 1. The van der Waals surface area contributed by atoms with Crippen LogP contribution >= 0.6 is 0 Å². The number of nitrogens with zero attached hydrogens (tertiary/aromatic N) is 2. The summed E-state index contributed by atoms with van der Waals surface area (Å²) >= 11 is 0. The van der Waals surface area contributed by atoms with Gasteiger partial charge in [-0.2, -0.15) is 0 Å². The third-order valence-corrected chi connectivity index (χ3v) is 1.94. The lowest BCUT2D eigenvalue weighted by Crippen LogP contribution is -1.90. The highest BCUT2D eigenvalue weighted by atomic mass is 16.6. The molecule has 2 N–H and O–H groups in total. The normalized spacial score (nSPS) is 10.1. The van der Waals surface area contributed by atoms with E-state index in [0.29, 0.717) is 11.4 Å². The van der Waals surface area contributed by atoms with Gasteiger partial charge < -0.3 is 10.1 Å². The zero-order valence-electron chi connectivity index (χ0n) is 7.54. The first-order chi connectivity index (χ1) is 7.18. The van der Waals surface area contributed by atoms with Gasteiger partial charge in [0.1, 0.15) is 5.82 Å². The van der Waals surface area contributed by atoms with Gasteiger partial charge in [0.25, 0.3) is 0 Å². The second-order valence-corrected chi connectivity index (χ2v) is 2.90. The van der Waals surface area contributed by atoms with Crippen LogP contribution < -0.4 is 0 Å². The number of aromatic amines is 1. The van der Waals surface area contributed by atoms with Gasteiger partial charge in [0.05, 0.1) is 4.92 Å². The van der Waals surface area contributed by atoms with Gasteiger partial charge in [-0.25, -0.2) is 4.98 Å². The van der Waals surface area contributed by atoms with Crippen LogP contribution in [0.15, 0.2) is 30.6 Å². The van der Waals surface area contributed by atoms with Crippen LogP contribution in [0.3, 0.4) is 0 Å². The standard InChI is InChI=1S/C9H7N3O3/c13-8-2-1-6(5-7(8)12(14)15)9-10-3-4-11-9/h1-5,13H,(H,10,11). The van der Waals surface area contributed by atoms with Crippen LogP contribution in [0, 0.1) is 10.1 Å². The monoisotopic (exact) mass is 205 g/mol. The van der Waals surface area contributed by atoms with E-state index in [1.165, 1.54) is 12.1 Å². The van der Waals surface area contributed by atoms with Gasteiger partial charge in [0.15, 0.2) is 5.75 Å². The first-order valence-corrected chi connectivity index (χ1v) is 4.15. The fourth-order valence-electron chi connectivity index (χ4n) is 1.24. The smallest absolute Gasteiger partial charge is 0.311 e. The summed E-state index contributed by atoms with van der Waals surface area (Å²) in [6.45, 7) is 0. The molecule has 0 aliphatic rings. The Labute approximate surface area is 84.4 Å². The van der Waals surface area contributed by atoms with Crippen molar-refractivity contribution >= 4 is 5.69 Å². The summed E-state index contributed by atoms with van der Waals surface area (Å²) in [5, 5.41) is 19.8. The molecule has 0 saturated carbocycles. The number of nitro benzene ring substituents is 1. The number of nitro groups is 1. The fraction of sp³-hybridized carbons (Fsp3) is 0. The van der Waals surface area contributed by atoms with Crippen LogP contribution in [-0.2, 0) is 0 Å². The molecule has 0 radical (unpaired) electrons. The topological polar surface area (TPSA) is 92.0 Å². The molecular weight excluding hydrogens is 198 g/mol. The molecule has 2 aromatic rings. The second-order valence-electron chi connectivity index (χ2n) is 2.90. The third kappa shape index (κ3) is 1.64. The van der Waals surface area contributed by atoms with Crippen LogP contribution in [-0.4, -0.2) is 20.0 Å². The molecule has 0 unspecified atom stereocenters. The van der Waals surface area contributed by atoms with Crippen LogP contribution in [0.5, 0.6) is 5.75 Å². The molecule has 6 heteroatoms. The number of nitrogens with one attached hydrogen (secondary N) is 1. The van der Waals surface area contributed by atoms with E-state index in [2.05, 4.69) is 9.97 Å². The van der Waals surface area contributed by atoms with E-state index >= 15 is 0 Å². The predicted molar refractivity (Wildman–Crippen MR) is 52.3 cm³/mol. The Hall–Kier alpha value is -2.37. The molecule has 76 valence electrons. The highest BCUT2D eigenvalue weighted by Crippen LogP contribution is 2.29. The largest absolute Gasteiger partial charge is 0.502 e. The number of aromatic nitrogens is 2. The molecule has 15 heavy (non-hydrogen) atoms. The van der Waals surface area contributed by atoms with Gasteiger partial charge in [0, 0.05) is 24.0 Å². The molecule has 2 rings (SSSR count). The SMILES string of the molecule is O=[N+]([O-])c1cc(-c2ncc[nH]2)ccc1O. The summed E-state index contributed by atoms with van der Waals surface area (Å²) in [7, 11) is 0. The molecule has 0 fully saturated rings. The van der Waals surface area contributed by atoms with Gasteiger partial charge in [-0.15, -0.1) is 0 Å². The summed E-state index contributed by atoms with van der Waals surface area (Å²) in [6, 6.07) is 4.10.